The van der Waals surface area contributed by atoms with Crippen molar-refractivity contribution in [2.24, 2.45) is 5.92 Å². The van der Waals surface area contributed by atoms with E-state index in [9.17, 15) is 5.11 Å². The van der Waals surface area contributed by atoms with Crippen LogP contribution in [0.1, 0.15) is 18.9 Å². The Kier molecular flexibility index (Phi) is 3.62. The number of rotatable bonds is 3. The third-order valence-corrected chi connectivity index (χ3v) is 4.03. The molecule has 1 saturated heterocycles. The Hall–Kier alpha value is -1.26. The van der Waals surface area contributed by atoms with Gasteiger partial charge in [-0.3, -0.25) is 0 Å². The van der Waals surface area contributed by atoms with Gasteiger partial charge < -0.3 is 19.9 Å². The first kappa shape index (κ1) is 12.8. The highest BCUT2D eigenvalue weighted by Gasteiger charge is 2.34. The lowest BCUT2D eigenvalue weighted by atomic mass is 9.86. The lowest BCUT2D eigenvalue weighted by Crippen LogP contribution is -2.44. The Bertz CT molecular complexity index is 443. The Labute approximate surface area is 113 Å². The molecule has 0 aromatic heterocycles. The minimum atomic E-state index is -0.351. The fraction of sp³-hybridized carbons (Fsp3) is 0.600. The molecule has 3 rings (SSSR count). The average Bonchev–Trinajstić information content (AvgIpc) is 2.92. The van der Waals surface area contributed by atoms with Crippen LogP contribution in [0.5, 0.6) is 5.75 Å². The maximum absolute atomic E-state index is 10.3. The summed E-state index contributed by atoms with van der Waals surface area (Å²) in [6, 6.07) is 6.16. The second-order valence-corrected chi connectivity index (χ2v) is 5.32. The van der Waals surface area contributed by atoms with Crippen LogP contribution in [0.2, 0.25) is 0 Å². The maximum Gasteiger partial charge on any atom is 0.119 e. The van der Waals surface area contributed by atoms with Gasteiger partial charge in [0, 0.05) is 24.6 Å². The van der Waals surface area contributed by atoms with Crippen molar-refractivity contribution in [1.82, 2.24) is 0 Å². The molecule has 0 bridgehead atoms. The molecule has 4 nitrogen and oxygen atoms in total. The van der Waals surface area contributed by atoms with Gasteiger partial charge in [0.05, 0.1) is 25.4 Å². The van der Waals surface area contributed by atoms with Crippen molar-refractivity contribution in [2.45, 2.75) is 31.9 Å². The molecule has 2 N–H and O–H groups in total. The van der Waals surface area contributed by atoms with E-state index in [-0.39, 0.29) is 12.1 Å². The molecule has 2 heterocycles. The molecule has 1 fully saturated rings. The second kappa shape index (κ2) is 5.39. The summed E-state index contributed by atoms with van der Waals surface area (Å²) in [5, 5.41) is 13.8. The third-order valence-electron chi connectivity index (χ3n) is 4.03. The molecule has 3 atom stereocenters. The van der Waals surface area contributed by atoms with Crippen LogP contribution in [0.3, 0.4) is 0 Å². The fourth-order valence-corrected chi connectivity index (χ4v) is 3.03. The number of hydrogen-bond donors (Lipinski definition) is 2. The van der Waals surface area contributed by atoms with Crippen molar-refractivity contribution < 1.29 is 14.6 Å². The summed E-state index contributed by atoms with van der Waals surface area (Å²) < 4.78 is 10.9. The summed E-state index contributed by atoms with van der Waals surface area (Å²) in [5.41, 5.74) is 2.25. The van der Waals surface area contributed by atoms with Crippen LogP contribution in [0.4, 0.5) is 5.69 Å². The zero-order valence-electron chi connectivity index (χ0n) is 11.3. The first-order valence-electron chi connectivity index (χ1n) is 7.06. The van der Waals surface area contributed by atoms with E-state index in [0.717, 1.165) is 36.6 Å². The average molecular weight is 263 g/mol. The van der Waals surface area contributed by atoms with E-state index in [1.165, 1.54) is 0 Å². The van der Waals surface area contributed by atoms with Crippen LogP contribution in [-0.4, -0.2) is 37.1 Å². The topological polar surface area (TPSA) is 50.7 Å². The largest absolute Gasteiger partial charge is 0.494 e. The zero-order chi connectivity index (χ0) is 13.2. The van der Waals surface area contributed by atoms with Crippen molar-refractivity contribution in [3.05, 3.63) is 23.8 Å². The molecule has 2 aliphatic rings. The van der Waals surface area contributed by atoms with Crippen molar-refractivity contribution in [3.63, 3.8) is 0 Å². The molecule has 0 saturated carbocycles. The van der Waals surface area contributed by atoms with Gasteiger partial charge in [-0.15, -0.1) is 0 Å². The van der Waals surface area contributed by atoms with Gasteiger partial charge >= 0.3 is 0 Å². The molecule has 1 aromatic rings. The summed E-state index contributed by atoms with van der Waals surface area (Å²) in [5.74, 6) is 1.28. The van der Waals surface area contributed by atoms with E-state index >= 15 is 0 Å². The Morgan fingerprint density at radius 2 is 2.37 bits per heavy atom. The molecule has 19 heavy (non-hydrogen) atoms. The second-order valence-electron chi connectivity index (χ2n) is 5.32. The number of benzene rings is 1. The van der Waals surface area contributed by atoms with Crippen molar-refractivity contribution >= 4 is 5.69 Å². The lowest BCUT2D eigenvalue weighted by Gasteiger charge is -2.35. The van der Waals surface area contributed by atoms with Crippen LogP contribution >= 0.6 is 0 Å². The van der Waals surface area contributed by atoms with Crippen molar-refractivity contribution in [1.29, 1.82) is 0 Å². The smallest absolute Gasteiger partial charge is 0.119 e. The SMILES string of the molecule is CCOc1ccc2c(c1)CC(O)C(C1CCOC1)N2. The molecule has 1 aromatic carbocycles. The van der Waals surface area contributed by atoms with Gasteiger partial charge in [-0.25, -0.2) is 0 Å². The number of aliphatic hydroxyl groups is 1. The highest BCUT2D eigenvalue weighted by Crippen LogP contribution is 2.33. The summed E-state index contributed by atoms with van der Waals surface area (Å²) in [6.45, 7) is 4.20. The van der Waals surface area contributed by atoms with E-state index < -0.39 is 0 Å². The van der Waals surface area contributed by atoms with Crippen LogP contribution in [-0.2, 0) is 11.2 Å². The monoisotopic (exact) mass is 263 g/mol. The highest BCUT2D eigenvalue weighted by molar-refractivity contribution is 5.57. The zero-order valence-corrected chi connectivity index (χ0v) is 11.3. The molecule has 0 radical (unpaired) electrons. The third kappa shape index (κ3) is 2.55. The van der Waals surface area contributed by atoms with Crippen LogP contribution in [0, 0.1) is 5.92 Å². The van der Waals surface area contributed by atoms with Crippen LogP contribution in [0.25, 0.3) is 0 Å². The molecule has 104 valence electrons. The van der Waals surface area contributed by atoms with Gasteiger partial charge in [0.2, 0.25) is 0 Å². The molecule has 3 unspecified atom stereocenters. The first-order valence-corrected chi connectivity index (χ1v) is 7.06. The predicted molar refractivity (Wildman–Crippen MR) is 73.7 cm³/mol. The van der Waals surface area contributed by atoms with Crippen molar-refractivity contribution in [2.75, 3.05) is 25.1 Å². The predicted octanol–water partition coefficient (Wildman–Crippen LogP) is 1.82. The van der Waals surface area contributed by atoms with E-state index in [4.69, 9.17) is 9.47 Å². The van der Waals surface area contributed by atoms with E-state index in [1.54, 1.807) is 0 Å². The van der Waals surface area contributed by atoms with Gasteiger partial charge in [0.1, 0.15) is 5.75 Å². The summed E-state index contributed by atoms with van der Waals surface area (Å²) >= 11 is 0. The van der Waals surface area contributed by atoms with Gasteiger partial charge in [0.25, 0.3) is 0 Å². The molecule has 2 aliphatic heterocycles. The number of aliphatic hydroxyl groups excluding tert-OH is 1. The van der Waals surface area contributed by atoms with Crippen LogP contribution < -0.4 is 10.1 Å². The molecule has 0 spiro atoms. The molecule has 0 amide bonds. The Morgan fingerprint density at radius 1 is 1.47 bits per heavy atom. The lowest BCUT2D eigenvalue weighted by molar-refractivity contribution is 0.111. The molecule has 0 aliphatic carbocycles. The van der Waals surface area contributed by atoms with Crippen LogP contribution in [0.15, 0.2) is 18.2 Å². The fourth-order valence-electron chi connectivity index (χ4n) is 3.03. The van der Waals surface area contributed by atoms with E-state index in [2.05, 4.69) is 11.4 Å². The summed E-state index contributed by atoms with van der Waals surface area (Å²) in [7, 11) is 0. The molecule has 4 heteroatoms. The number of hydrogen-bond acceptors (Lipinski definition) is 4. The Balaban J connectivity index is 1.79. The minimum Gasteiger partial charge on any atom is -0.494 e. The summed E-state index contributed by atoms with van der Waals surface area (Å²) in [4.78, 5) is 0. The maximum atomic E-state index is 10.3. The number of nitrogens with one attached hydrogen (secondary N) is 1. The van der Waals surface area contributed by atoms with Gasteiger partial charge in [-0.05, 0) is 37.1 Å². The first-order chi connectivity index (χ1) is 9.28. The Morgan fingerprint density at radius 3 is 3.11 bits per heavy atom. The molecular formula is C15H21NO3. The minimum absolute atomic E-state index is 0.105. The summed E-state index contributed by atoms with van der Waals surface area (Å²) in [6.07, 6.45) is 1.36. The van der Waals surface area contributed by atoms with E-state index in [0.29, 0.717) is 18.9 Å². The highest BCUT2D eigenvalue weighted by atomic mass is 16.5. The number of anilines is 1. The number of fused-ring (bicyclic) bond motifs is 1. The normalized spacial score (nSPS) is 29.7. The quantitative estimate of drug-likeness (QED) is 0.873. The van der Waals surface area contributed by atoms with Crippen molar-refractivity contribution in [3.8, 4) is 5.75 Å². The van der Waals surface area contributed by atoms with E-state index in [1.807, 2.05) is 19.1 Å². The standard InChI is InChI=1S/C15H21NO3/c1-2-19-12-3-4-13-11(7-12)8-14(17)15(16-13)10-5-6-18-9-10/h3-4,7,10,14-17H,2,5-6,8-9H2,1H3. The van der Waals surface area contributed by atoms with Gasteiger partial charge in [0.15, 0.2) is 0 Å². The molecular weight excluding hydrogens is 242 g/mol. The van der Waals surface area contributed by atoms with Gasteiger partial charge in [-0.1, -0.05) is 0 Å². The number of ether oxygens (including phenoxy) is 2. The van der Waals surface area contributed by atoms with Gasteiger partial charge in [-0.2, -0.15) is 0 Å².